The van der Waals surface area contributed by atoms with Gasteiger partial charge in [0.05, 0.1) is 11.5 Å². The van der Waals surface area contributed by atoms with Crippen LogP contribution in [0.5, 0.6) is 0 Å². The van der Waals surface area contributed by atoms with Crippen LogP contribution in [-0.4, -0.2) is 57.8 Å². The lowest BCUT2D eigenvalue weighted by molar-refractivity contribution is 0.432. The van der Waals surface area contributed by atoms with Gasteiger partial charge >= 0.3 is 0 Å². The Balaban J connectivity index is 2.21. The van der Waals surface area contributed by atoms with Gasteiger partial charge in [-0.25, -0.2) is 21.8 Å². The number of sulfonamides is 1. The van der Waals surface area contributed by atoms with Crippen molar-refractivity contribution in [1.82, 2.24) is 14.6 Å². The Morgan fingerprint density at radius 2 is 2.05 bits per heavy atom. The van der Waals surface area contributed by atoms with Crippen LogP contribution >= 0.6 is 0 Å². The quantitative estimate of drug-likeness (QED) is 0.806. The molecule has 1 aliphatic rings. The summed E-state index contributed by atoms with van der Waals surface area (Å²) < 4.78 is 49.3. The molecule has 0 unspecified atom stereocenters. The lowest BCUT2D eigenvalue weighted by Crippen LogP contribution is -2.34. The zero-order chi connectivity index (χ0) is 15.5. The Morgan fingerprint density at radius 3 is 2.67 bits per heavy atom. The highest BCUT2D eigenvalue weighted by Gasteiger charge is 2.29. The largest absolute Gasteiger partial charge is 0.316 e. The highest BCUT2D eigenvalue weighted by Crippen LogP contribution is 2.16. The van der Waals surface area contributed by atoms with Gasteiger partial charge in [0.15, 0.2) is 14.9 Å². The number of rotatable bonds is 4. The smallest absolute Gasteiger partial charge is 0.260 e. The van der Waals surface area contributed by atoms with E-state index in [-0.39, 0.29) is 29.6 Å². The van der Waals surface area contributed by atoms with Gasteiger partial charge in [-0.15, -0.1) is 0 Å². The van der Waals surface area contributed by atoms with Gasteiger partial charge in [0.25, 0.3) is 10.0 Å². The maximum atomic E-state index is 12.5. The molecule has 1 aromatic heterocycles. The molecular formula is C12H19N3O4S2. The second-order valence-corrected chi connectivity index (χ2v) is 9.13. The van der Waals surface area contributed by atoms with Crippen molar-refractivity contribution in [2.75, 3.05) is 31.6 Å². The van der Waals surface area contributed by atoms with E-state index in [2.05, 4.69) is 10.3 Å². The molecule has 118 valence electrons. The lowest BCUT2D eigenvalue weighted by Gasteiger charge is -2.18. The molecule has 1 fully saturated rings. The normalized spacial score (nSPS) is 20.0. The van der Waals surface area contributed by atoms with E-state index in [0.717, 1.165) is 5.56 Å². The molecule has 0 radical (unpaired) electrons. The van der Waals surface area contributed by atoms with Gasteiger partial charge in [-0.05, 0) is 25.1 Å². The van der Waals surface area contributed by atoms with Gasteiger partial charge in [0.2, 0.25) is 0 Å². The zero-order valence-electron chi connectivity index (χ0n) is 11.8. The van der Waals surface area contributed by atoms with E-state index < -0.39 is 19.9 Å². The lowest BCUT2D eigenvalue weighted by atomic mass is 10.3. The molecule has 1 aromatic rings. The first-order valence-electron chi connectivity index (χ1n) is 6.65. The van der Waals surface area contributed by atoms with E-state index in [0.29, 0.717) is 13.0 Å². The molecule has 0 aliphatic carbocycles. The van der Waals surface area contributed by atoms with Crippen molar-refractivity contribution in [2.45, 2.75) is 18.0 Å². The summed E-state index contributed by atoms with van der Waals surface area (Å²) in [6.45, 7) is 0.807. The third-order valence-corrected chi connectivity index (χ3v) is 6.83. The summed E-state index contributed by atoms with van der Waals surface area (Å²) in [5.41, 5.74) is 0.884. The second kappa shape index (κ2) is 6.39. The summed E-state index contributed by atoms with van der Waals surface area (Å²) in [4.78, 5) is 3.99. The Bertz CT molecular complexity index is 684. The molecule has 2 rings (SSSR count). The Morgan fingerprint density at radius 1 is 1.29 bits per heavy atom. The SMILES string of the molecule is CNCc1ccc(S(=O)(=O)N2CCCS(=O)(=O)CC2)nc1. The molecule has 2 heterocycles. The number of pyridine rings is 1. The first-order chi connectivity index (χ1) is 9.85. The van der Waals surface area contributed by atoms with Crippen LogP contribution in [-0.2, 0) is 26.4 Å². The minimum absolute atomic E-state index is 0.00931. The van der Waals surface area contributed by atoms with Crippen LogP contribution in [0.15, 0.2) is 23.4 Å². The van der Waals surface area contributed by atoms with Crippen molar-refractivity contribution >= 4 is 19.9 Å². The molecule has 0 atom stereocenters. The van der Waals surface area contributed by atoms with Crippen molar-refractivity contribution in [3.8, 4) is 0 Å². The van der Waals surface area contributed by atoms with Gasteiger partial charge in [0, 0.05) is 25.8 Å². The summed E-state index contributed by atoms with van der Waals surface area (Å²) in [5, 5.41) is 2.92. The molecule has 7 nitrogen and oxygen atoms in total. The molecule has 0 bridgehead atoms. The molecule has 0 saturated carbocycles. The number of hydrogen-bond acceptors (Lipinski definition) is 6. The van der Waals surface area contributed by atoms with Crippen molar-refractivity contribution in [2.24, 2.45) is 0 Å². The molecular weight excluding hydrogens is 314 g/mol. The fourth-order valence-electron chi connectivity index (χ4n) is 2.16. The monoisotopic (exact) mass is 333 g/mol. The van der Waals surface area contributed by atoms with Crippen LogP contribution < -0.4 is 5.32 Å². The van der Waals surface area contributed by atoms with Crippen LogP contribution in [0.1, 0.15) is 12.0 Å². The average Bonchev–Trinajstić information content (AvgIpc) is 2.61. The van der Waals surface area contributed by atoms with E-state index in [1.807, 2.05) is 0 Å². The van der Waals surface area contributed by atoms with Crippen molar-refractivity contribution in [3.05, 3.63) is 23.9 Å². The number of sulfone groups is 1. The Kier molecular flexibility index (Phi) is 4.97. The fourth-order valence-corrected chi connectivity index (χ4v) is 4.94. The standard InChI is InChI=1S/C12H19N3O4S2/c1-13-9-11-3-4-12(14-10-11)21(18,19)15-5-2-7-20(16,17)8-6-15/h3-4,10,13H,2,5-9H2,1H3. The Labute approximate surface area is 125 Å². The van der Waals surface area contributed by atoms with Gasteiger partial charge in [0.1, 0.15) is 0 Å². The minimum Gasteiger partial charge on any atom is -0.316 e. The van der Waals surface area contributed by atoms with Gasteiger partial charge in [-0.3, -0.25) is 0 Å². The fraction of sp³-hybridized carbons (Fsp3) is 0.583. The number of nitrogens with zero attached hydrogens (tertiary/aromatic N) is 2. The van der Waals surface area contributed by atoms with Crippen molar-refractivity contribution in [3.63, 3.8) is 0 Å². The number of hydrogen-bond donors (Lipinski definition) is 1. The van der Waals surface area contributed by atoms with E-state index in [9.17, 15) is 16.8 Å². The van der Waals surface area contributed by atoms with Gasteiger partial charge < -0.3 is 5.32 Å². The highest BCUT2D eigenvalue weighted by atomic mass is 32.2. The summed E-state index contributed by atoms with van der Waals surface area (Å²) in [6.07, 6.45) is 1.83. The first-order valence-corrected chi connectivity index (χ1v) is 9.91. The van der Waals surface area contributed by atoms with Crippen LogP contribution in [0.2, 0.25) is 0 Å². The number of aromatic nitrogens is 1. The molecule has 0 amide bonds. The maximum absolute atomic E-state index is 12.5. The first kappa shape index (κ1) is 16.3. The summed E-state index contributed by atoms with van der Waals surface area (Å²) in [7, 11) is -5.08. The van der Waals surface area contributed by atoms with Crippen LogP contribution in [0, 0.1) is 0 Å². The van der Waals surface area contributed by atoms with Gasteiger partial charge in [-0.1, -0.05) is 6.07 Å². The topological polar surface area (TPSA) is 96.4 Å². The third-order valence-electron chi connectivity index (χ3n) is 3.30. The molecule has 1 N–H and O–H groups in total. The van der Waals surface area contributed by atoms with E-state index in [1.165, 1.54) is 16.6 Å². The molecule has 1 saturated heterocycles. The van der Waals surface area contributed by atoms with Crippen LogP contribution in [0.25, 0.3) is 0 Å². The molecule has 0 aromatic carbocycles. The molecule has 21 heavy (non-hydrogen) atoms. The highest BCUT2D eigenvalue weighted by molar-refractivity contribution is 7.91. The average molecular weight is 333 g/mol. The molecule has 9 heteroatoms. The maximum Gasteiger partial charge on any atom is 0.260 e. The summed E-state index contributed by atoms with van der Waals surface area (Å²) in [6, 6.07) is 3.16. The third kappa shape index (κ3) is 4.00. The summed E-state index contributed by atoms with van der Waals surface area (Å²) in [5.74, 6) is -0.0996. The second-order valence-electron chi connectivity index (χ2n) is 4.94. The molecule has 0 spiro atoms. The van der Waals surface area contributed by atoms with Crippen molar-refractivity contribution in [1.29, 1.82) is 0 Å². The van der Waals surface area contributed by atoms with Gasteiger partial charge in [-0.2, -0.15) is 4.31 Å². The zero-order valence-corrected chi connectivity index (χ0v) is 13.5. The minimum atomic E-state index is -3.73. The van der Waals surface area contributed by atoms with E-state index in [4.69, 9.17) is 0 Å². The van der Waals surface area contributed by atoms with Crippen molar-refractivity contribution < 1.29 is 16.8 Å². The molecule has 1 aliphatic heterocycles. The van der Waals surface area contributed by atoms with E-state index in [1.54, 1.807) is 13.1 Å². The summed E-state index contributed by atoms with van der Waals surface area (Å²) >= 11 is 0. The van der Waals surface area contributed by atoms with Crippen LogP contribution in [0.3, 0.4) is 0 Å². The predicted octanol–water partition coefficient (Wildman–Crippen LogP) is -0.390. The Hall–Kier alpha value is -1.03. The number of nitrogens with one attached hydrogen (secondary N) is 1. The predicted molar refractivity (Wildman–Crippen MR) is 79.0 cm³/mol. The van der Waals surface area contributed by atoms with Crippen LogP contribution in [0.4, 0.5) is 0 Å². The van der Waals surface area contributed by atoms with E-state index >= 15 is 0 Å².